The largest absolute Gasteiger partial charge is 0.338 e. The quantitative estimate of drug-likeness (QED) is 0.740. The zero-order valence-electron chi connectivity index (χ0n) is 13.6. The van der Waals surface area contributed by atoms with Gasteiger partial charge in [0.1, 0.15) is 5.54 Å². The topological polar surface area (TPSA) is 95.7 Å². The van der Waals surface area contributed by atoms with E-state index in [9.17, 15) is 14.4 Å². The van der Waals surface area contributed by atoms with E-state index in [0.29, 0.717) is 19.4 Å². The molecule has 23 heavy (non-hydrogen) atoms. The molecule has 3 N–H and O–H groups in total. The fourth-order valence-electron chi connectivity index (χ4n) is 4.12. The molecule has 128 valence electrons. The summed E-state index contributed by atoms with van der Waals surface area (Å²) in [4.78, 5) is 40.2. The monoisotopic (exact) mass is 322 g/mol. The summed E-state index contributed by atoms with van der Waals surface area (Å²) in [6.45, 7) is 1.36. The molecule has 4 amide bonds. The summed E-state index contributed by atoms with van der Waals surface area (Å²) in [6.07, 6.45) is 6.57. The van der Waals surface area contributed by atoms with Crippen molar-refractivity contribution in [2.75, 3.05) is 19.6 Å². The van der Waals surface area contributed by atoms with Crippen molar-refractivity contribution in [2.24, 2.45) is 5.73 Å². The Balaban J connectivity index is 1.58. The first kappa shape index (κ1) is 16.2. The molecule has 1 saturated carbocycles. The standard InChI is InChI=1S/C16H26N4O3/c17-11-12-5-1-4-9-19(12)13(21)6-10-20-14(22)16(18-15(20)23)7-2-3-8-16/h12H,1-11,17H2,(H,18,23)/t12-/m0/s1. The Hall–Kier alpha value is -1.63. The zero-order valence-corrected chi connectivity index (χ0v) is 13.6. The molecule has 0 bridgehead atoms. The van der Waals surface area contributed by atoms with E-state index in [1.807, 2.05) is 4.90 Å². The maximum Gasteiger partial charge on any atom is 0.325 e. The lowest BCUT2D eigenvalue weighted by atomic mass is 9.98. The van der Waals surface area contributed by atoms with Crippen LogP contribution in [0.25, 0.3) is 0 Å². The van der Waals surface area contributed by atoms with Crippen LogP contribution in [0, 0.1) is 0 Å². The van der Waals surface area contributed by atoms with E-state index >= 15 is 0 Å². The molecular formula is C16H26N4O3. The molecule has 1 spiro atoms. The smallest absolute Gasteiger partial charge is 0.325 e. The Morgan fingerprint density at radius 1 is 1.22 bits per heavy atom. The molecule has 7 heteroatoms. The summed E-state index contributed by atoms with van der Waals surface area (Å²) in [5.41, 5.74) is 5.06. The van der Waals surface area contributed by atoms with E-state index in [0.717, 1.165) is 38.6 Å². The molecule has 0 aromatic rings. The fourth-order valence-corrected chi connectivity index (χ4v) is 4.12. The predicted octanol–water partition coefficient (Wildman–Crippen LogP) is 0.581. The van der Waals surface area contributed by atoms with Gasteiger partial charge in [0.05, 0.1) is 0 Å². The third-order valence-corrected chi connectivity index (χ3v) is 5.47. The van der Waals surface area contributed by atoms with E-state index < -0.39 is 5.54 Å². The van der Waals surface area contributed by atoms with Crippen LogP contribution in [-0.2, 0) is 9.59 Å². The number of hydrogen-bond donors (Lipinski definition) is 2. The number of piperidine rings is 1. The Morgan fingerprint density at radius 3 is 2.65 bits per heavy atom. The molecule has 0 aromatic carbocycles. The molecule has 7 nitrogen and oxygen atoms in total. The van der Waals surface area contributed by atoms with Crippen molar-refractivity contribution in [3.63, 3.8) is 0 Å². The first-order valence-electron chi connectivity index (χ1n) is 8.71. The number of imide groups is 1. The molecular weight excluding hydrogens is 296 g/mol. The zero-order chi connectivity index (χ0) is 16.4. The van der Waals surface area contributed by atoms with Crippen molar-refractivity contribution in [1.29, 1.82) is 0 Å². The molecule has 2 heterocycles. The number of rotatable bonds is 4. The lowest BCUT2D eigenvalue weighted by Gasteiger charge is -2.35. The second-order valence-corrected chi connectivity index (χ2v) is 6.90. The lowest BCUT2D eigenvalue weighted by molar-refractivity contribution is -0.136. The van der Waals surface area contributed by atoms with E-state index in [4.69, 9.17) is 5.73 Å². The van der Waals surface area contributed by atoms with Crippen LogP contribution in [0.5, 0.6) is 0 Å². The van der Waals surface area contributed by atoms with E-state index in [2.05, 4.69) is 5.32 Å². The van der Waals surface area contributed by atoms with E-state index in [-0.39, 0.29) is 36.9 Å². The third kappa shape index (κ3) is 2.94. The Morgan fingerprint density at radius 2 is 1.96 bits per heavy atom. The molecule has 0 radical (unpaired) electrons. The number of amides is 4. The van der Waals surface area contributed by atoms with Gasteiger partial charge in [-0.1, -0.05) is 12.8 Å². The summed E-state index contributed by atoms with van der Waals surface area (Å²) in [6, 6.07) is -0.251. The number of hydrogen-bond acceptors (Lipinski definition) is 4. The summed E-state index contributed by atoms with van der Waals surface area (Å²) in [7, 11) is 0. The number of nitrogens with one attached hydrogen (secondary N) is 1. The lowest BCUT2D eigenvalue weighted by Crippen LogP contribution is -2.48. The maximum absolute atomic E-state index is 12.5. The molecule has 1 aliphatic carbocycles. The van der Waals surface area contributed by atoms with Crippen LogP contribution >= 0.6 is 0 Å². The van der Waals surface area contributed by atoms with Crippen LogP contribution in [0.3, 0.4) is 0 Å². The number of carbonyl (C=O) groups is 3. The number of nitrogens with two attached hydrogens (primary N) is 1. The molecule has 1 atom stereocenters. The summed E-state index contributed by atoms with van der Waals surface area (Å²) < 4.78 is 0. The second-order valence-electron chi connectivity index (χ2n) is 6.90. The molecule has 2 aliphatic heterocycles. The highest BCUT2D eigenvalue weighted by Gasteiger charge is 2.52. The van der Waals surface area contributed by atoms with Crippen LogP contribution in [0.4, 0.5) is 4.79 Å². The van der Waals surface area contributed by atoms with E-state index in [1.165, 1.54) is 4.90 Å². The van der Waals surface area contributed by atoms with Crippen molar-refractivity contribution in [2.45, 2.75) is 62.9 Å². The molecule has 3 fully saturated rings. The number of urea groups is 1. The number of likely N-dealkylation sites (tertiary alicyclic amines) is 1. The maximum atomic E-state index is 12.5. The van der Waals surface area contributed by atoms with Gasteiger partial charge in [0.15, 0.2) is 0 Å². The van der Waals surface area contributed by atoms with E-state index in [1.54, 1.807) is 0 Å². The van der Waals surface area contributed by atoms with Crippen molar-refractivity contribution < 1.29 is 14.4 Å². The van der Waals surface area contributed by atoms with Gasteiger partial charge in [-0.2, -0.15) is 0 Å². The number of carbonyl (C=O) groups excluding carboxylic acids is 3. The van der Waals surface area contributed by atoms with Gasteiger partial charge in [-0.05, 0) is 32.1 Å². The molecule has 0 unspecified atom stereocenters. The van der Waals surface area contributed by atoms with Gasteiger partial charge in [0, 0.05) is 32.1 Å². The summed E-state index contributed by atoms with van der Waals surface area (Å²) in [5, 5.41) is 2.84. The van der Waals surface area contributed by atoms with Crippen molar-refractivity contribution in [3.05, 3.63) is 0 Å². The summed E-state index contributed by atoms with van der Waals surface area (Å²) in [5.74, 6) is -0.157. The SMILES string of the molecule is NC[C@@H]1CCCCN1C(=O)CCN1C(=O)NC2(CCCC2)C1=O. The highest BCUT2D eigenvalue weighted by atomic mass is 16.2. The normalized spacial score (nSPS) is 26.9. The molecule has 3 aliphatic rings. The highest BCUT2D eigenvalue weighted by molar-refractivity contribution is 6.07. The number of nitrogens with zero attached hydrogens (tertiary/aromatic N) is 2. The minimum absolute atomic E-state index is 0.00637. The van der Waals surface area contributed by atoms with Crippen LogP contribution in [0.2, 0.25) is 0 Å². The Bertz CT molecular complexity index is 502. The predicted molar refractivity (Wildman–Crippen MR) is 84.5 cm³/mol. The Labute approximate surface area is 136 Å². The average Bonchev–Trinajstić information content (AvgIpc) is 3.12. The first-order chi connectivity index (χ1) is 11.1. The van der Waals surface area contributed by atoms with Crippen molar-refractivity contribution >= 4 is 17.8 Å². The Kier molecular flexibility index (Phi) is 4.57. The summed E-state index contributed by atoms with van der Waals surface area (Å²) >= 11 is 0. The first-order valence-corrected chi connectivity index (χ1v) is 8.71. The molecule has 0 aromatic heterocycles. The highest BCUT2D eigenvalue weighted by Crippen LogP contribution is 2.35. The van der Waals surface area contributed by atoms with Crippen LogP contribution in [-0.4, -0.2) is 58.9 Å². The molecule has 2 saturated heterocycles. The van der Waals surface area contributed by atoms with Gasteiger partial charge < -0.3 is 16.0 Å². The van der Waals surface area contributed by atoms with Gasteiger partial charge in [-0.15, -0.1) is 0 Å². The fraction of sp³-hybridized carbons (Fsp3) is 0.812. The van der Waals surface area contributed by atoms with Gasteiger partial charge in [-0.25, -0.2) is 4.79 Å². The van der Waals surface area contributed by atoms with Gasteiger partial charge in [-0.3, -0.25) is 14.5 Å². The van der Waals surface area contributed by atoms with Crippen molar-refractivity contribution in [1.82, 2.24) is 15.1 Å². The molecule has 3 rings (SSSR count). The van der Waals surface area contributed by atoms with Crippen LogP contribution in [0.1, 0.15) is 51.4 Å². The van der Waals surface area contributed by atoms with Gasteiger partial charge in [0.2, 0.25) is 5.91 Å². The minimum Gasteiger partial charge on any atom is -0.338 e. The minimum atomic E-state index is -0.689. The van der Waals surface area contributed by atoms with Crippen LogP contribution in [0.15, 0.2) is 0 Å². The van der Waals surface area contributed by atoms with Gasteiger partial charge >= 0.3 is 6.03 Å². The van der Waals surface area contributed by atoms with Gasteiger partial charge in [0.25, 0.3) is 5.91 Å². The average molecular weight is 322 g/mol. The van der Waals surface area contributed by atoms with Crippen molar-refractivity contribution in [3.8, 4) is 0 Å². The third-order valence-electron chi connectivity index (χ3n) is 5.47. The van der Waals surface area contributed by atoms with Crippen LogP contribution < -0.4 is 11.1 Å². The second kappa shape index (κ2) is 6.47.